The van der Waals surface area contributed by atoms with E-state index in [-0.39, 0.29) is 5.75 Å². The molecule has 0 amide bonds. The maximum Gasteiger partial charge on any atom is 0.149 e. The summed E-state index contributed by atoms with van der Waals surface area (Å²) in [6, 6.07) is 7.08. The van der Waals surface area contributed by atoms with Gasteiger partial charge >= 0.3 is 0 Å². The minimum absolute atomic E-state index is 0.248. The van der Waals surface area contributed by atoms with Crippen molar-refractivity contribution >= 4 is 5.82 Å². The Morgan fingerprint density at radius 2 is 2.19 bits per heavy atom. The van der Waals surface area contributed by atoms with Crippen LogP contribution in [0.3, 0.4) is 0 Å². The lowest BCUT2D eigenvalue weighted by Crippen LogP contribution is -2.01. The predicted molar refractivity (Wildman–Crippen MR) is 61.7 cm³/mol. The molecule has 0 atom stereocenters. The predicted octanol–water partition coefficient (Wildman–Crippen LogP) is 1.65. The fourth-order valence-electron chi connectivity index (χ4n) is 2.30. The van der Waals surface area contributed by atoms with Crippen molar-refractivity contribution in [1.82, 2.24) is 9.78 Å². The first-order valence-electron chi connectivity index (χ1n) is 5.41. The molecule has 0 aliphatic heterocycles. The molecule has 2 aromatic rings. The van der Waals surface area contributed by atoms with Crippen LogP contribution >= 0.6 is 0 Å². The van der Waals surface area contributed by atoms with Gasteiger partial charge < -0.3 is 10.8 Å². The van der Waals surface area contributed by atoms with Crippen molar-refractivity contribution in [3.8, 4) is 11.4 Å². The molecule has 1 aliphatic rings. The lowest BCUT2D eigenvalue weighted by atomic mass is 10.2. The molecule has 4 nitrogen and oxygen atoms in total. The standard InChI is InChI=1S/C12H13N3O/c13-12-10-5-2-6-11(10)15(14-12)8-3-1-4-9(16)7-8/h1,3-4,7,16H,2,5-6H2,(H2,13,14). The minimum atomic E-state index is 0.248. The molecule has 0 saturated heterocycles. The van der Waals surface area contributed by atoms with E-state index < -0.39 is 0 Å². The zero-order chi connectivity index (χ0) is 11.1. The third-order valence-corrected chi connectivity index (χ3v) is 3.04. The summed E-state index contributed by atoms with van der Waals surface area (Å²) in [4.78, 5) is 0. The van der Waals surface area contributed by atoms with Gasteiger partial charge in [0.25, 0.3) is 0 Å². The zero-order valence-corrected chi connectivity index (χ0v) is 8.85. The van der Waals surface area contributed by atoms with Gasteiger partial charge in [0.2, 0.25) is 0 Å². The van der Waals surface area contributed by atoms with Crippen LogP contribution in [0.2, 0.25) is 0 Å². The van der Waals surface area contributed by atoms with Gasteiger partial charge in [-0.1, -0.05) is 6.07 Å². The smallest absolute Gasteiger partial charge is 0.149 e. The highest BCUT2D eigenvalue weighted by molar-refractivity contribution is 5.50. The average Bonchev–Trinajstić information content (AvgIpc) is 2.83. The van der Waals surface area contributed by atoms with Crippen molar-refractivity contribution in [3.63, 3.8) is 0 Å². The molecule has 3 N–H and O–H groups in total. The van der Waals surface area contributed by atoms with Crippen LogP contribution in [-0.2, 0) is 12.8 Å². The van der Waals surface area contributed by atoms with E-state index >= 15 is 0 Å². The van der Waals surface area contributed by atoms with Gasteiger partial charge in [0.05, 0.1) is 5.69 Å². The number of rotatable bonds is 1. The van der Waals surface area contributed by atoms with Crippen LogP contribution in [0.25, 0.3) is 5.69 Å². The van der Waals surface area contributed by atoms with E-state index in [9.17, 15) is 5.11 Å². The van der Waals surface area contributed by atoms with Gasteiger partial charge in [0.15, 0.2) is 0 Å². The quantitative estimate of drug-likeness (QED) is 0.760. The largest absolute Gasteiger partial charge is 0.508 e. The number of aromatic hydroxyl groups is 1. The summed E-state index contributed by atoms with van der Waals surface area (Å²) >= 11 is 0. The summed E-state index contributed by atoms with van der Waals surface area (Å²) in [5, 5.41) is 13.8. The van der Waals surface area contributed by atoms with E-state index in [2.05, 4.69) is 5.10 Å². The van der Waals surface area contributed by atoms with Gasteiger partial charge in [-0.15, -0.1) is 0 Å². The molecule has 1 aromatic heterocycles. The molecule has 1 aromatic carbocycles. The molecule has 0 saturated carbocycles. The molecule has 0 radical (unpaired) electrons. The van der Waals surface area contributed by atoms with Gasteiger partial charge in [0, 0.05) is 17.3 Å². The van der Waals surface area contributed by atoms with Crippen molar-refractivity contribution < 1.29 is 5.11 Å². The molecule has 0 fully saturated rings. The highest BCUT2D eigenvalue weighted by Gasteiger charge is 2.21. The zero-order valence-electron chi connectivity index (χ0n) is 8.85. The molecule has 0 unspecified atom stereocenters. The first-order valence-corrected chi connectivity index (χ1v) is 5.41. The number of phenols is 1. The van der Waals surface area contributed by atoms with Crippen LogP contribution in [0, 0.1) is 0 Å². The topological polar surface area (TPSA) is 64.1 Å². The molecule has 4 heteroatoms. The number of nitrogens with zero attached hydrogens (tertiary/aromatic N) is 2. The van der Waals surface area contributed by atoms with Crippen molar-refractivity contribution in [2.45, 2.75) is 19.3 Å². The fraction of sp³-hybridized carbons (Fsp3) is 0.250. The SMILES string of the molecule is Nc1nn(-c2cccc(O)c2)c2c1CCC2. The van der Waals surface area contributed by atoms with Crippen LogP contribution in [0.15, 0.2) is 24.3 Å². The maximum absolute atomic E-state index is 9.46. The van der Waals surface area contributed by atoms with Gasteiger partial charge in [0.1, 0.15) is 11.6 Å². The summed E-state index contributed by atoms with van der Waals surface area (Å²) in [5.41, 5.74) is 9.10. The van der Waals surface area contributed by atoms with Crippen LogP contribution < -0.4 is 5.73 Å². The number of phenolic OH excluding ortho intramolecular Hbond substituents is 1. The van der Waals surface area contributed by atoms with E-state index in [1.165, 1.54) is 11.3 Å². The van der Waals surface area contributed by atoms with Crippen molar-refractivity contribution in [3.05, 3.63) is 35.5 Å². The number of anilines is 1. The van der Waals surface area contributed by atoms with Crippen LogP contribution in [0.1, 0.15) is 17.7 Å². The van der Waals surface area contributed by atoms with E-state index in [4.69, 9.17) is 5.73 Å². The van der Waals surface area contributed by atoms with Gasteiger partial charge in [-0.05, 0) is 31.4 Å². The second kappa shape index (κ2) is 3.27. The summed E-state index contributed by atoms with van der Waals surface area (Å²) in [6.07, 6.45) is 3.16. The summed E-state index contributed by atoms with van der Waals surface area (Å²) in [5.74, 6) is 0.870. The fourth-order valence-corrected chi connectivity index (χ4v) is 2.30. The number of hydrogen-bond acceptors (Lipinski definition) is 3. The van der Waals surface area contributed by atoms with E-state index in [0.717, 1.165) is 24.9 Å². The molecule has 16 heavy (non-hydrogen) atoms. The normalized spacial score (nSPS) is 14.0. The molecule has 0 spiro atoms. The summed E-state index contributed by atoms with van der Waals surface area (Å²) < 4.78 is 1.84. The number of hydrogen-bond donors (Lipinski definition) is 2. The van der Waals surface area contributed by atoms with E-state index in [0.29, 0.717) is 5.82 Å². The minimum Gasteiger partial charge on any atom is -0.508 e. The number of fused-ring (bicyclic) bond motifs is 1. The molecule has 1 aliphatic carbocycles. The van der Waals surface area contributed by atoms with Crippen LogP contribution in [-0.4, -0.2) is 14.9 Å². The first kappa shape index (κ1) is 9.27. The average molecular weight is 215 g/mol. The van der Waals surface area contributed by atoms with Gasteiger partial charge in [-0.25, -0.2) is 4.68 Å². The maximum atomic E-state index is 9.46. The van der Waals surface area contributed by atoms with E-state index in [1.54, 1.807) is 12.1 Å². The number of aromatic nitrogens is 2. The first-order chi connectivity index (χ1) is 7.75. The lowest BCUT2D eigenvalue weighted by molar-refractivity contribution is 0.474. The Morgan fingerprint density at radius 3 is 3.00 bits per heavy atom. The van der Waals surface area contributed by atoms with Gasteiger partial charge in [-0.2, -0.15) is 5.10 Å². The van der Waals surface area contributed by atoms with Crippen molar-refractivity contribution in [2.24, 2.45) is 0 Å². The second-order valence-corrected chi connectivity index (χ2v) is 4.10. The van der Waals surface area contributed by atoms with Crippen molar-refractivity contribution in [2.75, 3.05) is 5.73 Å². The number of nitrogen functional groups attached to an aromatic ring is 1. The van der Waals surface area contributed by atoms with Crippen molar-refractivity contribution in [1.29, 1.82) is 0 Å². The Kier molecular flexibility index (Phi) is 1.89. The summed E-state index contributed by atoms with van der Waals surface area (Å²) in [7, 11) is 0. The third-order valence-electron chi connectivity index (χ3n) is 3.04. The summed E-state index contributed by atoms with van der Waals surface area (Å²) in [6.45, 7) is 0. The Balaban J connectivity index is 2.17. The van der Waals surface area contributed by atoms with E-state index in [1.807, 2.05) is 16.8 Å². The Morgan fingerprint density at radius 1 is 1.31 bits per heavy atom. The highest BCUT2D eigenvalue weighted by Crippen LogP contribution is 2.29. The molecule has 0 bridgehead atoms. The number of benzene rings is 1. The molecular weight excluding hydrogens is 202 g/mol. The van der Waals surface area contributed by atoms with Gasteiger partial charge in [-0.3, -0.25) is 0 Å². The lowest BCUT2D eigenvalue weighted by Gasteiger charge is -2.05. The molecule has 3 rings (SSSR count). The van der Waals surface area contributed by atoms with Crippen LogP contribution in [0.4, 0.5) is 5.82 Å². The monoisotopic (exact) mass is 215 g/mol. The molecule has 1 heterocycles. The highest BCUT2D eigenvalue weighted by atomic mass is 16.3. The Labute approximate surface area is 93.3 Å². The second-order valence-electron chi connectivity index (χ2n) is 4.10. The molecular formula is C12H13N3O. The van der Waals surface area contributed by atoms with Crippen LogP contribution in [0.5, 0.6) is 5.75 Å². The third kappa shape index (κ3) is 1.26. The molecule has 82 valence electrons. The number of nitrogens with two attached hydrogens (primary N) is 1. The Bertz CT molecular complexity index is 545. The Hall–Kier alpha value is -1.97.